The highest BCUT2D eigenvalue weighted by atomic mass is 32.1. The van der Waals surface area contributed by atoms with Crippen molar-refractivity contribution in [2.75, 3.05) is 6.54 Å². The number of nitrogens with zero attached hydrogens (tertiary/aromatic N) is 3. The molecule has 1 atom stereocenters. The third kappa shape index (κ3) is 3.30. The molecule has 1 aliphatic heterocycles. The lowest BCUT2D eigenvalue weighted by Crippen LogP contribution is -2.40. The molecule has 0 aromatic carbocycles. The van der Waals surface area contributed by atoms with Gasteiger partial charge in [0.15, 0.2) is 0 Å². The van der Waals surface area contributed by atoms with E-state index in [2.05, 4.69) is 15.0 Å². The number of thiophene rings is 1. The maximum atomic E-state index is 13.0. The Bertz CT molecular complexity index is 953. The van der Waals surface area contributed by atoms with Crippen molar-refractivity contribution in [3.05, 3.63) is 69.2 Å². The molecule has 132 valence electrons. The lowest BCUT2D eigenvalue weighted by atomic mass is 10.00. The normalized spacial score (nSPS) is 17.2. The Balaban J connectivity index is 1.71. The Morgan fingerprint density at radius 3 is 2.85 bits per heavy atom. The Hall–Kier alpha value is -2.80. The second kappa shape index (κ2) is 7.21. The molecule has 0 aliphatic carbocycles. The third-order valence-corrected chi connectivity index (χ3v) is 5.27. The van der Waals surface area contributed by atoms with E-state index in [9.17, 15) is 9.59 Å². The van der Waals surface area contributed by atoms with E-state index in [4.69, 9.17) is 0 Å². The van der Waals surface area contributed by atoms with Crippen LogP contribution in [-0.4, -0.2) is 32.3 Å². The molecular weight excluding hydrogens is 348 g/mol. The van der Waals surface area contributed by atoms with Gasteiger partial charge in [0.2, 0.25) is 0 Å². The topological polar surface area (TPSA) is 79.0 Å². The van der Waals surface area contributed by atoms with E-state index in [1.165, 1.54) is 6.07 Å². The van der Waals surface area contributed by atoms with E-state index < -0.39 is 0 Å². The number of rotatable bonds is 3. The summed E-state index contributed by atoms with van der Waals surface area (Å²) in [5.74, 6) is 0.501. The quantitative estimate of drug-likeness (QED) is 0.772. The van der Waals surface area contributed by atoms with Crippen LogP contribution in [0.2, 0.25) is 0 Å². The largest absolute Gasteiger partial charge is 0.328 e. The van der Waals surface area contributed by atoms with Crippen LogP contribution < -0.4 is 5.56 Å². The fourth-order valence-corrected chi connectivity index (χ4v) is 3.96. The van der Waals surface area contributed by atoms with Crippen LogP contribution in [0.5, 0.6) is 0 Å². The first-order valence-corrected chi connectivity index (χ1v) is 9.51. The van der Waals surface area contributed by atoms with Crippen LogP contribution in [-0.2, 0) is 0 Å². The Morgan fingerprint density at radius 1 is 1.23 bits per heavy atom. The number of hydrogen-bond acceptors (Lipinski definition) is 5. The first kappa shape index (κ1) is 16.7. The van der Waals surface area contributed by atoms with Crippen molar-refractivity contribution in [3.8, 4) is 11.3 Å². The number of carbonyl (C=O) groups excluding carboxylic acids is 1. The van der Waals surface area contributed by atoms with Crippen molar-refractivity contribution in [2.45, 2.75) is 25.3 Å². The molecule has 7 heteroatoms. The highest BCUT2D eigenvalue weighted by Gasteiger charge is 2.30. The van der Waals surface area contributed by atoms with E-state index in [-0.39, 0.29) is 17.5 Å². The number of H-pyrrole nitrogens is 1. The maximum Gasteiger partial charge on any atom is 0.254 e. The van der Waals surface area contributed by atoms with Crippen LogP contribution in [0.4, 0.5) is 0 Å². The Labute approximate surface area is 154 Å². The molecule has 1 N–H and O–H groups in total. The average Bonchev–Trinajstić information content (AvgIpc) is 3.22. The van der Waals surface area contributed by atoms with Gasteiger partial charge in [0.1, 0.15) is 5.82 Å². The number of pyridine rings is 1. The summed E-state index contributed by atoms with van der Waals surface area (Å²) < 4.78 is 0. The number of carbonyl (C=O) groups is 1. The summed E-state index contributed by atoms with van der Waals surface area (Å²) in [5.41, 5.74) is 1.97. The monoisotopic (exact) mass is 366 g/mol. The van der Waals surface area contributed by atoms with E-state index in [1.54, 1.807) is 35.9 Å². The molecule has 26 heavy (non-hydrogen) atoms. The molecule has 1 aliphatic rings. The molecule has 1 fully saturated rings. The molecule has 1 saturated heterocycles. The zero-order valence-corrected chi connectivity index (χ0v) is 14.9. The molecule has 0 spiro atoms. The minimum absolute atomic E-state index is 0.0549. The zero-order chi connectivity index (χ0) is 17.9. The second-order valence-electron chi connectivity index (χ2n) is 6.27. The third-order valence-electron chi connectivity index (χ3n) is 4.58. The second-order valence-corrected chi connectivity index (χ2v) is 7.05. The SMILES string of the molecule is O=C(c1ccncc1)N1CCCC[C@H]1c1nc(-c2ccsc2)cc(=O)[nH]1. The molecule has 3 aromatic rings. The van der Waals surface area contributed by atoms with Gasteiger partial charge >= 0.3 is 0 Å². The number of amides is 1. The molecular formula is C19H18N4O2S. The van der Waals surface area contributed by atoms with Crippen molar-refractivity contribution in [1.29, 1.82) is 0 Å². The molecule has 6 nitrogen and oxygen atoms in total. The molecule has 0 radical (unpaired) electrons. The molecule has 0 bridgehead atoms. The Kier molecular flexibility index (Phi) is 4.62. The number of hydrogen-bond donors (Lipinski definition) is 1. The van der Waals surface area contributed by atoms with E-state index >= 15 is 0 Å². The molecule has 0 unspecified atom stereocenters. The number of likely N-dealkylation sites (tertiary alicyclic amines) is 1. The lowest BCUT2D eigenvalue weighted by Gasteiger charge is -2.35. The van der Waals surface area contributed by atoms with Crippen LogP contribution in [0.15, 0.2) is 52.2 Å². The molecule has 3 aromatic heterocycles. The van der Waals surface area contributed by atoms with Gasteiger partial charge in [-0.3, -0.25) is 14.6 Å². The number of aromatic amines is 1. The molecule has 4 heterocycles. The van der Waals surface area contributed by atoms with Crippen molar-refractivity contribution in [3.63, 3.8) is 0 Å². The minimum atomic E-state index is -0.226. The summed E-state index contributed by atoms with van der Waals surface area (Å²) in [7, 11) is 0. The van der Waals surface area contributed by atoms with Gasteiger partial charge in [-0.05, 0) is 42.8 Å². The minimum Gasteiger partial charge on any atom is -0.328 e. The van der Waals surface area contributed by atoms with Crippen molar-refractivity contribution < 1.29 is 4.79 Å². The summed E-state index contributed by atoms with van der Waals surface area (Å²) in [4.78, 5) is 38.5. The summed E-state index contributed by atoms with van der Waals surface area (Å²) in [6, 6.07) is 6.65. The fraction of sp³-hybridized carbons (Fsp3) is 0.263. The predicted molar refractivity (Wildman–Crippen MR) is 100 cm³/mol. The summed E-state index contributed by atoms with van der Waals surface area (Å²) in [5, 5.41) is 3.92. The Morgan fingerprint density at radius 2 is 2.08 bits per heavy atom. The molecule has 0 saturated carbocycles. The standard InChI is InChI=1S/C19H18N4O2S/c24-17-11-15(14-6-10-26-12-14)21-18(22-17)16-3-1-2-9-23(16)19(25)13-4-7-20-8-5-13/h4-8,10-12,16H,1-3,9H2,(H,21,22,24)/t16-/m0/s1. The summed E-state index contributed by atoms with van der Waals surface area (Å²) in [6.07, 6.45) is 5.96. The number of nitrogens with one attached hydrogen (secondary N) is 1. The van der Waals surface area contributed by atoms with Crippen molar-refractivity contribution >= 4 is 17.2 Å². The van der Waals surface area contributed by atoms with Crippen LogP contribution in [0.1, 0.15) is 41.5 Å². The maximum absolute atomic E-state index is 13.0. The van der Waals surface area contributed by atoms with E-state index in [1.807, 2.05) is 21.7 Å². The zero-order valence-electron chi connectivity index (χ0n) is 14.1. The fourth-order valence-electron chi connectivity index (χ4n) is 3.31. The van der Waals surface area contributed by atoms with Gasteiger partial charge in [-0.15, -0.1) is 0 Å². The van der Waals surface area contributed by atoms with Gasteiger partial charge in [-0.2, -0.15) is 11.3 Å². The van der Waals surface area contributed by atoms with Gasteiger partial charge in [0.25, 0.3) is 11.5 Å². The van der Waals surface area contributed by atoms with E-state index in [0.717, 1.165) is 24.8 Å². The van der Waals surface area contributed by atoms with Gasteiger partial charge in [-0.1, -0.05) is 0 Å². The smallest absolute Gasteiger partial charge is 0.254 e. The van der Waals surface area contributed by atoms with Crippen LogP contribution in [0.3, 0.4) is 0 Å². The van der Waals surface area contributed by atoms with Gasteiger partial charge < -0.3 is 9.88 Å². The highest BCUT2D eigenvalue weighted by Crippen LogP contribution is 2.31. The summed E-state index contributed by atoms with van der Waals surface area (Å²) in [6.45, 7) is 0.651. The first-order chi connectivity index (χ1) is 12.7. The van der Waals surface area contributed by atoms with Crippen LogP contribution >= 0.6 is 11.3 Å². The van der Waals surface area contributed by atoms with Gasteiger partial charge in [-0.25, -0.2) is 4.98 Å². The van der Waals surface area contributed by atoms with E-state index in [0.29, 0.717) is 23.6 Å². The van der Waals surface area contributed by atoms with Crippen molar-refractivity contribution in [1.82, 2.24) is 19.9 Å². The summed E-state index contributed by atoms with van der Waals surface area (Å²) >= 11 is 1.56. The van der Waals surface area contributed by atoms with Gasteiger partial charge in [0.05, 0.1) is 11.7 Å². The van der Waals surface area contributed by atoms with Gasteiger partial charge in [0, 0.05) is 41.5 Å². The van der Waals surface area contributed by atoms with Crippen molar-refractivity contribution in [2.24, 2.45) is 0 Å². The predicted octanol–water partition coefficient (Wildman–Crippen LogP) is 3.26. The number of aromatic nitrogens is 3. The van der Waals surface area contributed by atoms with Crippen LogP contribution in [0.25, 0.3) is 11.3 Å². The first-order valence-electron chi connectivity index (χ1n) is 8.57. The lowest BCUT2D eigenvalue weighted by molar-refractivity contribution is 0.0599. The highest BCUT2D eigenvalue weighted by molar-refractivity contribution is 7.08. The molecule has 4 rings (SSSR count). The molecule has 1 amide bonds. The van der Waals surface area contributed by atoms with Crippen LogP contribution in [0, 0.1) is 0 Å². The number of piperidine rings is 1. The average molecular weight is 366 g/mol.